The molecule has 4 rings (SSSR count). The topological polar surface area (TPSA) is 23.5 Å². The van der Waals surface area contributed by atoms with Crippen LogP contribution in [0, 0.1) is 11.7 Å². The molecular formula is C22H26FNO. The minimum Gasteiger partial charge on any atom is -0.393 e. The average Bonchev–Trinajstić information content (AvgIpc) is 2.86. The Morgan fingerprint density at radius 3 is 2.48 bits per heavy atom. The average molecular weight is 339 g/mol. The number of benzene rings is 2. The van der Waals surface area contributed by atoms with Crippen molar-refractivity contribution in [3.05, 3.63) is 71.5 Å². The molecule has 1 N–H and O–H groups in total. The van der Waals surface area contributed by atoms with Gasteiger partial charge >= 0.3 is 0 Å². The van der Waals surface area contributed by atoms with Gasteiger partial charge in [-0.2, -0.15) is 0 Å². The van der Waals surface area contributed by atoms with E-state index in [0.29, 0.717) is 6.04 Å². The van der Waals surface area contributed by atoms with Crippen molar-refractivity contribution in [2.75, 3.05) is 6.54 Å². The quantitative estimate of drug-likeness (QED) is 0.899. The molecule has 2 aromatic rings. The van der Waals surface area contributed by atoms with Gasteiger partial charge in [0.1, 0.15) is 5.82 Å². The molecule has 1 saturated heterocycles. The van der Waals surface area contributed by atoms with E-state index in [1.54, 1.807) is 12.1 Å². The van der Waals surface area contributed by atoms with Gasteiger partial charge in [0.25, 0.3) is 0 Å². The molecule has 1 aliphatic heterocycles. The Hall–Kier alpha value is -1.71. The normalized spacial score (nSPS) is 30.0. The maximum atomic E-state index is 14.5. The highest BCUT2D eigenvalue weighted by Gasteiger charge is 2.46. The number of rotatable bonds is 3. The molecule has 4 atom stereocenters. The summed E-state index contributed by atoms with van der Waals surface area (Å²) in [5.41, 5.74) is 2.06. The van der Waals surface area contributed by atoms with E-state index in [1.165, 1.54) is 5.56 Å². The second kappa shape index (κ2) is 7.27. The summed E-state index contributed by atoms with van der Waals surface area (Å²) in [6, 6.07) is 17.9. The second-order valence-electron chi connectivity index (χ2n) is 7.54. The summed E-state index contributed by atoms with van der Waals surface area (Å²) in [5, 5.41) is 10.8. The first-order valence-electron chi connectivity index (χ1n) is 9.44. The summed E-state index contributed by atoms with van der Waals surface area (Å²) in [6.45, 7) is 1.70. The van der Waals surface area contributed by atoms with E-state index in [0.717, 1.165) is 44.3 Å². The molecule has 2 aliphatic rings. The van der Waals surface area contributed by atoms with Crippen LogP contribution in [0.25, 0.3) is 0 Å². The van der Waals surface area contributed by atoms with Gasteiger partial charge < -0.3 is 5.11 Å². The third kappa shape index (κ3) is 3.36. The summed E-state index contributed by atoms with van der Waals surface area (Å²) in [4.78, 5) is 2.48. The third-order valence-electron chi connectivity index (χ3n) is 6.04. The van der Waals surface area contributed by atoms with Crippen LogP contribution in [-0.4, -0.2) is 28.7 Å². The lowest BCUT2D eigenvalue weighted by Gasteiger charge is -2.29. The lowest BCUT2D eigenvalue weighted by Crippen LogP contribution is -2.36. The number of aliphatic hydroxyl groups is 1. The molecule has 0 amide bonds. The summed E-state index contributed by atoms with van der Waals surface area (Å²) in [7, 11) is 0. The van der Waals surface area contributed by atoms with Crippen LogP contribution in [0.15, 0.2) is 54.6 Å². The van der Waals surface area contributed by atoms with Gasteiger partial charge in [-0.05, 0) is 30.0 Å². The van der Waals surface area contributed by atoms with Crippen molar-refractivity contribution in [2.45, 2.75) is 50.3 Å². The maximum absolute atomic E-state index is 14.5. The standard InChI is InChI=1S/C22H26FNO/c23-19-11-5-4-10-17(19)18-15-24(14-16-8-2-1-3-9-16)20-12-6-7-13-21(25)22(18)20/h1-5,8-11,18,20-22,25H,6-7,12-15H2/t18-,20+,21-,22-/m1/s1. The van der Waals surface area contributed by atoms with Gasteiger partial charge in [-0.15, -0.1) is 0 Å². The zero-order chi connectivity index (χ0) is 17.2. The van der Waals surface area contributed by atoms with Gasteiger partial charge in [0.05, 0.1) is 6.10 Å². The van der Waals surface area contributed by atoms with Crippen LogP contribution >= 0.6 is 0 Å². The van der Waals surface area contributed by atoms with Gasteiger partial charge in [-0.25, -0.2) is 4.39 Å². The van der Waals surface area contributed by atoms with E-state index < -0.39 is 0 Å². The Morgan fingerprint density at radius 2 is 1.68 bits per heavy atom. The third-order valence-corrected chi connectivity index (χ3v) is 6.04. The Kier molecular flexibility index (Phi) is 4.87. The molecule has 0 aromatic heterocycles. The van der Waals surface area contributed by atoms with Gasteiger partial charge in [-0.3, -0.25) is 4.90 Å². The highest BCUT2D eigenvalue weighted by Crippen LogP contribution is 2.45. The molecule has 2 fully saturated rings. The fourth-order valence-electron chi connectivity index (χ4n) is 4.90. The van der Waals surface area contributed by atoms with E-state index in [4.69, 9.17) is 0 Å². The zero-order valence-electron chi connectivity index (χ0n) is 14.5. The van der Waals surface area contributed by atoms with Gasteiger partial charge in [0, 0.05) is 31.0 Å². The SMILES string of the molecule is O[C@@H]1CCCC[C@H]2[C@H]1[C@@H](c1ccccc1F)CN2Cc1ccccc1. The highest BCUT2D eigenvalue weighted by molar-refractivity contribution is 5.26. The second-order valence-corrected chi connectivity index (χ2v) is 7.54. The number of hydrogen-bond acceptors (Lipinski definition) is 2. The van der Waals surface area contributed by atoms with Crippen molar-refractivity contribution < 1.29 is 9.50 Å². The molecule has 0 unspecified atom stereocenters. The molecule has 25 heavy (non-hydrogen) atoms. The highest BCUT2D eigenvalue weighted by atomic mass is 19.1. The Balaban J connectivity index is 1.66. The van der Waals surface area contributed by atoms with E-state index in [2.05, 4.69) is 29.2 Å². The number of hydrogen-bond donors (Lipinski definition) is 1. The van der Waals surface area contributed by atoms with Crippen LogP contribution in [-0.2, 0) is 6.54 Å². The number of aliphatic hydroxyl groups excluding tert-OH is 1. The van der Waals surface area contributed by atoms with Crippen LogP contribution in [0.5, 0.6) is 0 Å². The van der Waals surface area contributed by atoms with Crippen molar-refractivity contribution in [3.63, 3.8) is 0 Å². The smallest absolute Gasteiger partial charge is 0.126 e. The van der Waals surface area contributed by atoms with Gasteiger partial charge in [-0.1, -0.05) is 61.4 Å². The molecule has 2 nitrogen and oxygen atoms in total. The molecule has 132 valence electrons. The molecule has 3 heteroatoms. The monoisotopic (exact) mass is 339 g/mol. The van der Waals surface area contributed by atoms with Crippen molar-refractivity contribution in [3.8, 4) is 0 Å². The number of nitrogens with zero attached hydrogens (tertiary/aromatic N) is 1. The van der Waals surface area contributed by atoms with E-state index >= 15 is 0 Å². The minimum atomic E-state index is -0.335. The lowest BCUT2D eigenvalue weighted by atomic mass is 9.80. The fraction of sp³-hybridized carbons (Fsp3) is 0.455. The maximum Gasteiger partial charge on any atom is 0.126 e. The van der Waals surface area contributed by atoms with E-state index in [9.17, 15) is 9.50 Å². The first-order valence-corrected chi connectivity index (χ1v) is 9.44. The summed E-state index contributed by atoms with van der Waals surface area (Å²) >= 11 is 0. The van der Waals surface area contributed by atoms with E-state index in [1.807, 2.05) is 18.2 Å². The first-order chi connectivity index (χ1) is 12.2. The minimum absolute atomic E-state index is 0.0722. The molecule has 0 bridgehead atoms. The number of halogens is 1. The summed E-state index contributed by atoms with van der Waals surface area (Å²) in [5.74, 6) is 0.0652. The Labute approximate surface area is 149 Å². The van der Waals surface area contributed by atoms with Crippen LogP contribution in [0.1, 0.15) is 42.7 Å². The lowest BCUT2D eigenvalue weighted by molar-refractivity contribution is 0.0750. The first kappa shape index (κ1) is 16.7. The van der Waals surface area contributed by atoms with Crippen LogP contribution < -0.4 is 0 Å². The van der Waals surface area contributed by atoms with Crippen LogP contribution in [0.2, 0.25) is 0 Å². The molecule has 2 aromatic carbocycles. The molecular weight excluding hydrogens is 313 g/mol. The van der Waals surface area contributed by atoms with Crippen molar-refractivity contribution >= 4 is 0 Å². The van der Waals surface area contributed by atoms with Gasteiger partial charge in [0.15, 0.2) is 0 Å². The predicted octanol–water partition coefficient (Wildman–Crippen LogP) is 4.34. The largest absolute Gasteiger partial charge is 0.393 e. The molecule has 0 radical (unpaired) electrons. The number of likely N-dealkylation sites (tertiary alicyclic amines) is 1. The Bertz CT molecular complexity index is 704. The van der Waals surface area contributed by atoms with Crippen molar-refractivity contribution in [2.24, 2.45) is 5.92 Å². The van der Waals surface area contributed by atoms with Gasteiger partial charge in [0.2, 0.25) is 0 Å². The summed E-state index contributed by atoms with van der Waals surface area (Å²) < 4.78 is 14.5. The van der Waals surface area contributed by atoms with Crippen LogP contribution in [0.4, 0.5) is 4.39 Å². The predicted molar refractivity (Wildman–Crippen MR) is 97.7 cm³/mol. The van der Waals surface area contributed by atoms with Crippen molar-refractivity contribution in [1.82, 2.24) is 4.90 Å². The summed E-state index contributed by atoms with van der Waals surface area (Å²) in [6.07, 6.45) is 3.81. The van der Waals surface area contributed by atoms with E-state index in [-0.39, 0.29) is 23.8 Å². The van der Waals surface area contributed by atoms with Crippen molar-refractivity contribution in [1.29, 1.82) is 0 Å². The Morgan fingerprint density at radius 1 is 0.960 bits per heavy atom. The number of fused-ring (bicyclic) bond motifs is 1. The fourth-order valence-corrected chi connectivity index (χ4v) is 4.90. The zero-order valence-corrected chi connectivity index (χ0v) is 14.5. The molecule has 0 spiro atoms. The molecule has 1 saturated carbocycles. The molecule has 1 aliphatic carbocycles. The molecule has 1 heterocycles. The van der Waals surface area contributed by atoms with Crippen LogP contribution in [0.3, 0.4) is 0 Å².